The molecule has 0 unspecified atom stereocenters. The van der Waals surface area contributed by atoms with Gasteiger partial charge in [0.1, 0.15) is 0 Å². The lowest BCUT2D eigenvalue weighted by Crippen LogP contribution is -2.41. The Bertz CT molecular complexity index is 681. The van der Waals surface area contributed by atoms with E-state index < -0.39 is 0 Å². The van der Waals surface area contributed by atoms with Crippen LogP contribution in [0.5, 0.6) is 5.75 Å². The Labute approximate surface area is 142 Å². The van der Waals surface area contributed by atoms with E-state index in [1.807, 2.05) is 36.4 Å². The van der Waals surface area contributed by atoms with Gasteiger partial charge in [-0.25, -0.2) is 4.39 Å². The number of ether oxygens (including phenoxy) is 2. The van der Waals surface area contributed by atoms with Crippen molar-refractivity contribution in [2.75, 3.05) is 26.3 Å². The first-order valence-electron chi connectivity index (χ1n) is 8.65. The number of benzene rings is 2. The minimum atomic E-state index is -0.288. The number of halogens is 1. The van der Waals surface area contributed by atoms with E-state index >= 15 is 0 Å². The molecule has 0 bridgehead atoms. The lowest BCUT2D eigenvalue weighted by atomic mass is 10.1. The SMILES string of the molecule is Fc1cccc(C2CC2)c1O[C@@H](c1ccccc1)N1CCOCC1. The largest absolute Gasteiger partial charge is 0.468 e. The Balaban J connectivity index is 1.67. The number of rotatable bonds is 5. The highest BCUT2D eigenvalue weighted by Gasteiger charge is 2.31. The third kappa shape index (κ3) is 3.30. The first kappa shape index (κ1) is 15.6. The van der Waals surface area contributed by atoms with Crippen molar-refractivity contribution in [3.05, 3.63) is 65.5 Å². The van der Waals surface area contributed by atoms with Gasteiger partial charge in [-0.2, -0.15) is 0 Å². The Morgan fingerprint density at radius 3 is 2.46 bits per heavy atom. The second-order valence-electron chi connectivity index (χ2n) is 6.46. The molecule has 1 aliphatic heterocycles. The Morgan fingerprint density at radius 2 is 1.75 bits per heavy atom. The van der Waals surface area contributed by atoms with E-state index in [4.69, 9.17) is 9.47 Å². The summed E-state index contributed by atoms with van der Waals surface area (Å²) in [5.74, 6) is 0.589. The van der Waals surface area contributed by atoms with E-state index in [0.29, 0.717) is 24.9 Å². The van der Waals surface area contributed by atoms with Gasteiger partial charge < -0.3 is 9.47 Å². The van der Waals surface area contributed by atoms with E-state index in [9.17, 15) is 4.39 Å². The first-order chi connectivity index (χ1) is 11.8. The molecule has 2 aromatic rings. The van der Waals surface area contributed by atoms with Gasteiger partial charge in [0, 0.05) is 24.2 Å². The Hall–Kier alpha value is -1.91. The second-order valence-corrected chi connectivity index (χ2v) is 6.46. The normalized spacial score (nSPS) is 19.9. The molecule has 2 aromatic carbocycles. The average Bonchev–Trinajstić information content (AvgIpc) is 3.47. The number of para-hydroxylation sites is 1. The summed E-state index contributed by atoms with van der Waals surface area (Å²) in [6.07, 6.45) is 1.95. The summed E-state index contributed by atoms with van der Waals surface area (Å²) in [5.41, 5.74) is 2.05. The van der Waals surface area contributed by atoms with Crippen molar-refractivity contribution < 1.29 is 13.9 Å². The molecule has 1 aliphatic carbocycles. The summed E-state index contributed by atoms with van der Waals surface area (Å²) in [5, 5.41) is 0. The summed E-state index contributed by atoms with van der Waals surface area (Å²) < 4.78 is 26.3. The van der Waals surface area contributed by atoms with Gasteiger partial charge in [-0.05, 0) is 24.8 Å². The van der Waals surface area contributed by atoms with Crippen LogP contribution in [0.3, 0.4) is 0 Å². The van der Waals surface area contributed by atoms with Crippen molar-refractivity contribution in [2.45, 2.75) is 25.0 Å². The Kier molecular flexibility index (Phi) is 4.50. The number of hydrogen-bond donors (Lipinski definition) is 0. The van der Waals surface area contributed by atoms with Gasteiger partial charge in [0.2, 0.25) is 0 Å². The molecule has 1 heterocycles. The molecule has 3 nitrogen and oxygen atoms in total. The van der Waals surface area contributed by atoms with Crippen molar-refractivity contribution in [3.8, 4) is 5.75 Å². The van der Waals surface area contributed by atoms with Crippen LogP contribution in [0.25, 0.3) is 0 Å². The van der Waals surface area contributed by atoms with Gasteiger partial charge >= 0.3 is 0 Å². The molecule has 0 radical (unpaired) electrons. The molecule has 1 atom stereocenters. The summed E-state index contributed by atoms with van der Waals surface area (Å²) in [6, 6.07) is 15.3. The molecule has 24 heavy (non-hydrogen) atoms. The van der Waals surface area contributed by atoms with Crippen LogP contribution in [0.2, 0.25) is 0 Å². The maximum absolute atomic E-state index is 14.5. The highest BCUT2D eigenvalue weighted by Crippen LogP contribution is 2.46. The molecule has 4 heteroatoms. The van der Waals surface area contributed by atoms with Crippen LogP contribution in [-0.4, -0.2) is 31.2 Å². The zero-order valence-electron chi connectivity index (χ0n) is 13.7. The molecular weight excluding hydrogens is 305 g/mol. The van der Waals surface area contributed by atoms with E-state index in [1.54, 1.807) is 6.07 Å². The second kappa shape index (κ2) is 6.91. The fourth-order valence-corrected chi connectivity index (χ4v) is 3.26. The first-order valence-corrected chi connectivity index (χ1v) is 8.65. The molecule has 126 valence electrons. The van der Waals surface area contributed by atoms with Gasteiger partial charge in [-0.1, -0.05) is 42.5 Å². The summed E-state index contributed by atoms with van der Waals surface area (Å²) in [7, 11) is 0. The van der Waals surface area contributed by atoms with Crippen LogP contribution >= 0.6 is 0 Å². The van der Waals surface area contributed by atoms with Crippen molar-refractivity contribution >= 4 is 0 Å². The molecule has 0 N–H and O–H groups in total. The van der Waals surface area contributed by atoms with Crippen molar-refractivity contribution in [1.29, 1.82) is 0 Å². The highest BCUT2D eigenvalue weighted by atomic mass is 19.1. The third-order valence-electron chi connectivity index (χ3n) is 4.71. The zero-order valence-corrected chi connectivity index (χ0v) is 13.7. The number of morpholine rings is 1. The van der Waals surface area contributed by atoms with Crippen LogP contribution < -0.4 is 4.74 Å². The minimum absolute atomic E-state index is 0.270. The van der Waals surface area contributed by atoms with E-state index in [0.717, 1.165) is 37.1 Å². The van der Waals surface area contributed by atoms with Crippen LogP contribution in [0.15, 0.2) is 48.5 Å². The number of nitrogens with zero attached hydrogens (tertiary/aromatic N) is 1. The summed E-state index contributed by atoms with van der Waals surface area (Å²) in [6.45, 7) is 2.93. The van der Waals surface area contributed by atoms with Crippen LogP contribution in [0, 0.1) is 5.82 Å². The van der Waals surface area contributed by atoms with Crippen LogP contribution in [0.4, 0.5) is 4.39 Å². The molecule has 2 fully saturated rings. The lowest BCUT2D eigenvalue weighted by Gasteiger charge is -2.35. The average molecular weight is 327 g/mol. The van der Waals surface area contributed by atoms with Gasteiger partial charge in [0.25, 0.3) is 0 Å². The molecular formula is C20H22FNO2. The van der Waals surface area contributed by atoms with E-state index in [1.165, 1.54) is 6.07 Å². The Morgan fingerprint density at radius 1 is 1.00 bits per heavy atom. The highest BCUT2D eigenvalue weighted by molar-refractivity contribution is 5.40. The molecule has 4 rings (SSSR count). The van der Waals surface area contributed by atoms with E-state index in [2.05, 4.69) is 4.90 Å². The zero-order chi connectivity index (χ0) is 16.4. The molecule has 0 amide bonds. The maximum Gasteiger partial charge on any atom is 0.179 e. The third-order valence-corrected chi connectivity index (χ3v) is 4.71. The van der Waals surface area contributed by atoms with Gasteiger partial charge in [-0.3, -0.25) is 4.90 Å². The molecule has 1 saturated heterocycles. The van der Waals surface area contributed by atoms with Gasteiger partial charge in [0.05, 0.1) is 13.2 Å². The monoisotopic (exact) mass is 327 g/mol. The van der Waals surface area contributed by atoms with Gasteiger partial charge in [-0.15, -0.1) is 0 Å². The fourth-order valence-electron chi connectivity index (χ4n) is 3.26. The van der Waals surface area contributed by atoms with E-state index in [-0.39, 0.29) is 12.0 Å². The summed E-state index contributed by atoms with van der Waals surface area (Å²) in [4.78, 5) is 2.22. The molecule has 2 aliphatic rings. The standard InChI is InChI=1S/C20H22FNO2/c21-18-8-4-7-17(15-9-10-15)19(18)24-20(16-5-2-1-3-6-16)22-11-13-23-14-12-22/h1-8,15,20H,9-14H2/t20-/m0/s1. The topological polar surface area (TPSA) is 21.7 Å². The number of hydrogen-bond acceptors (Lipinski definition) is 3. The fraction of sp³-hybridized carbons (Fsp3) is 0.400. The van der Waals surface area contributed by atoms with Crippen molar-refractivity contribution in [3.63, 3.8) is 0 Å². The maximum atomic E-state index is 14.5. The van der Waals surface area contributed by atoms with Crippen molar-refractivity contribution in [1.82, 2.24) is 4.90 Å². The smallest absolute Gasteiger partial charge is 0.179 e. The molecule has 0 spiro atoms. The quantitative estimate of drug-likeness (QED) is 0.825. The molecule has 1 saturated carbocycles. The lowest BCUT2D eigenvalue weighted by molar-refractivity contribution is -0.0490. The predicted molar refractivity (Wildman–Crippen MR) is 90.6 cm³/mol. The van der Waals surface area contributed by atoms with Gasteiger partial charge in [0.15, 0.2) is 17.8 Å². The minimum Gasteiger partial charge on any atom is -0.468 e. The van der Waals surface area contributed by atoms with Crippen LogP contribution in [0.1, 0.15) is 36.1 Å². The summed E-state index contributed by atoms with van der Waals surface area (Å²) >= 11 is 0. The predicted octanol–water partition coefficient (Wildman–Crippen LogP) is 4.11. The van der Waals surface area contributed by atoms with Crippen molar-refractivity contribution in [2.24, 2.45) is 0 Å². The van der Waals surface area contributed by atoms with Crippen LogP contribution in [-0.2, 0) is 4.74 Å². The molecule has 0 aromatic heterocycles.